The number of rotatable bonds is 1. The number of halogens is 2. The first-order valence-electron chi connectivity index (χ1n) is 5.69. The van der Waals surface area contributed by atoms with E-state index in [1.54, 1.807) is 19.1 Å². The number of benzene rings is 2. The van der Waals surface area contributed by atoms with Gasteiger partial charge in [-0.25, -0.2) is 13.8 Å². The number of nitrogens with one attached hydrogen (secondary N) is 1. The van der Waals surface area contributed by atoms with Crippen molar-refractivity contribution in [3.05, 3.63) is 47.5 Å². The van der Waals surface area contributed by atoms with Crippen molar-refractivity contribution in [1.82, 2.24) is 9.97 Å². The lowest BCUT2D eigenvalue weighted by Gasteiger charge is -2.00. The predicted molar refractivity (Wildman–Crippen MR) is 67.8 cm³/mol. The van der Waals surface area contributed by atoms with Crippen LogP contribution in [0.1, 0.15) is 5.56 Å². The van der Waals surface area contributed by atoms with Crippen LogP contribution in [0.15, 0.2) is 30.3 Å². The average Bonchev–Trinajstić information content (AvgIpc) is 2.76. The Morgan fingerprint density at radius 2 is 1.95 bits per heavy atom. The van der Waals surface area contributed by atoms with Gasteiger partial charge in [-0.15, -0.1) is 0 Å². The minimum Gasteiger partial charge on any atom is -0.508 e. The second-order valence-electron chi connectivity index (χ2n) is 4.37. The average molecular weight is 260 g/mol. The molecule has 0 saturated carbocycles. The smallest absolute Gasteiger partial charge is 0.153 e. The van der Waals surface area contributed by atoms with Gasteiger partial charge < -0.3 is 10.1 Å². The molecule has 0 unspecified atom stereocenters. The number of H-pyrrole nitrogens is 1. The number of phenolic OH excluding ortho intramolecular Hbond substituents is 1. The Bertz CT molecular complexity index is 780. The van der Waals surface area contributed by atoms with Gasteiger partial charge in [0.05, 0.1) is 5.52 Å². The van der Waals surface area contributed by atoms with E-state index in [1.165, 1.54) is 12.1 Å². The van der Waals surface area contributed by atoms with Crippen molar-refractivity contribution in [1.29, 1.82) is 0 Å². The molecule has 0 fully saturated rings. The predicted octanol–water partition coefficient (Wildman–Crippen LogP) is 3.52. The molecular weight excluding hydrogens is 250 g/mol. The van der Waals surface area contributed by atoms with Crippen molar-refractivity contribution in [2.75, 3.05) is 0 Å². The molecule has 0 aliphatic heterocycles. The first-order chi connectivity index (χ1) is 9.04. The zero-order chi connectivity index (χ0) is 13.6. The van der Waals surface area contributed by atoms with E-state index >= 15 is 0 Å². The second-order valence-corrected chi connectivity index (χ2v) is 4.37. The zero-order valence-electron chi connectivity index (χ0n) is 10.0. The molecule has 5 heteroatoms. The van der Waals surface area contributed by atoms with Crippen LogP contribution in [0, 0.1) is 18.6 Å². The molecule has 19 heavy (non-hydrogen) atoms. The summed E-state index contributed by atoms with van der Waals surface area (Å²) in [5, 5.41) is 9.47. The quantitative estimate of drug-likeness (QED) is 0.703. The zero-order valence-corrected chi connectivity index (χ0v) is 10.0. The molecule has 1 heterocycles. The summed E-state index contributed by atoms with van der Waals surface area (Å²) in [7, 11) is 0. The number of aromatic amines is 1. The number of aryl methyl sites for hydroxylation is 1. The standard InChI is InChI=1S/C14H10F2N2O/c1-7-4-8(2-3-12(7)19)14-17-11-6-9(15)5-10(16)13(11)18-14/h2-6,19H,1H3,(H,17,18). The van der Waals surface area contributed by atoms with Crippen molar-refractivity contribution < 1.29 is 13.9 Å². The van der Waals surface area contributed by atoms with E-state index in [0.717, 1.165) is 6.07 Å². The topological polar surface area (TPSA) is 48.9 Å². The van der Waals surface area contributed by atoms with Crippen LogP contribution in [0.3, 0.4) is 0 Å². The first-order valence-corrected chi connectivity index (χ1v) is 5.69. The number of aromatic nitrogens is 2. The second kappa shape index (κ2) is 4.05. The fourth-order valence-corrected chi connectivity index (χ4v) is 1.98. The van der Waals surface area contributed by atoms with E-state index in [4.69, 9.17) is 0 Å². The molecule has 2 aromatic carbocycles. The highest BCUT2D eigenvalue weighted by molar-refractivity contribution is 5.80. The van der Waals surface area contributed by atoms with Gasteiger partial charge in [-0.1, -0.05) is 0 Å². The van der Waals surface area contributed by atoms with Crippen molar-refractivity contribution in [3.8, 4) is 17.1 Å². The highest BCUT2D eigenvalue weighted by Crippen LogP contribution is 2.26. The summed E-state index contributed by atoms with van der Waals surface area (Å²) in [5.41, 5.74) is 1.79. The number of nitrogens with zero attached hydrogens (tertiary/aromatic N) is 1. The van der Waals surface area contributed by atoms with Crippen LogP contribution in [0.25, 0.3) is 22.4 Å². The number of aromatic hydroxyl groups is 1. The highest BCUT2D eigenvalue weighted by Gasteiger charge is 2.11. The van der Waals surface area contributed by atoms with Gasteiger partial charge in [-0.3, -0.25) is 0 Å². The Kier molecular flexibility index (Phi) is 2.48. The van der Waals surface area contributed by atoms with Gasteiger partial charge in [-0.05, 0) is 36.8 Å². The Hall–Kier alpha value is -2.43. The molecule has 0 radical (unpaired) electrons. The molecule has 96 valence electrons. The lowest BCUT2D eigenvalue weighted by Crippen LogP contribution is -1.82. The van der Waals surface area contributed by atoms with Gasteiger partial charge in [0, 0.05) is 11.6 Å². The summed E-state index contributed by atoms with van der Waals surface area (Å²) < 4.78 is 26.7. The Labute approximate surface area is 107 Å². The Morgan fingerprint density at radius 3 is 2.68 bits per heavy atom. The molecule has 0 saturated heterocycles. The third-order valence-electron chi connectivity index (χ3n) is 2.98. The molecule has 3 rings (SSSR count). The normalized spacial score (nSPS) is 11.1. The summed E-state index contributed by atoms with van der Waals surface area (Å²) in [6.07, 6.45) is 0. The van der Waals surface area contributed by atoms with E-state index in [0.29, 0.717) is 22.5 Å². The Balaban J connectivity index is 2.20. The van der Waals surface area contributed by atoms with Crippen molar-refractivity contribution in [2.24, 2.45) is 0 Å². The molecule has 0 aliphatic rings. The van der Waals surface area contributed by atoms with Crippen LogP contribution >= 0.6 is 0 Å². The molecule has 0 aliphatic carbocycles. The lowest BCUT2D eigenvalue weighted by molar-refractivity contribution is 0.471. The van der Waals surface area contributed by atoms with Crippen molar-refractivity contribution in [3.63, 3.8) is 0 Å². The maximum atomic E-state index is 13.6. The molecule has 0 spiro atoms. The summed E-state index contributed by atoms with van der Waals surface area (Å²) in [6, 6.07) is 6.92. The maximum absolute atomic E-state index is 13.6. The van der Waals surface area contributed by atoms with Gasteiger partial charge in [0.15, 0.2) is 5.82 Å². The summed E-state index contributed by atoms with van der Waals surface area (Å²) >= 11 is 0. The first kappa shape index (κ1) is 11.6. The lowest BCUT2D eigenvalue weighted by atomic mass is 10.1. The van der Waals surface area contributed by atoms with Gasteiger partial charge in [-0.2, -0.15) is 0 Å². The van der Waals surface area contributed by atoms with Crippen LogP contribution in [-0.4, -0.2) is 15.1 Å². The van der Waals surface area contributed by atoms with E-state index < -0.39 is 11.6 Å². The molecule has 2 N–H and O–H groups in total. The summed E-state index contributed by atoms with van der Waals surface area (Å²) in [6.45, 7) is 1.75. The van der Waals surface area contributed by atoms with Crippen LogP contribution < -0.4 is 0 Å². The summed E-state index contributed by atoms with van der Waals surface area (Å²) in [5.74, 6) is -0.741. The van der Waals surface area contributed by atoms with Crippen LogP contribution in [0.5, 0.6) is 5.75 Å². The van der Waals surface area contributed by atoms with E-state index in [9.17, 15) is 13.9 Å². The molecular formula is C14H10F2N2O. The number of hydrogen-bond donors (Lipinski definition) is 2. The number of hydrogen-bond acceptors (Lipinski definition) is 2. The van der Waals surface area contributed by atoms with Crippen molar-refractivity contribution >= 4 is 11.0 Å². The molecule has 0 amide bonds. The van der Waals surface area contributed by atoms with Gasteiger partial charge in [0.2, 0.25) is 0 Å². The molecule has 1 aromatic heterocycles. The fourth-order valence-electron chi connectivity index (χ4n) is 1.98. The number of imidazole rings is 1. The number of fused-ring (bicyclic) bond motifs is 1. The van der Waals surface area contributed by atoms with Gasteiger partial charge >= 0.3 is 0 Å². The van der Waals surface area contributed by atoms with Gasteiger partial charge in [0.25, 0.3) is 0 Å². The SMILES string of the molecule is Cc1cc(-c2nc3c(F)cc(F)cc3[nH]2)ccc1O. The molecule has 0 bridgehead atoms. The molecule has 0 atom stereocenters. The summed E-state index contributed by atoms with van der Waals surface area (Å²) in [4.78, 5) is 6.98. The fraction of sp³-hybridized carbons (Fsp3) is 0.0714. The molecule has 3 aromatic rings. The third-order valence-corrected chi connectivity index (χ3v) is 2.98. The monoisotopic (exact) mass is 260 g/mol. The van der Waals surface area contributed by atoms with Crippen LogP contribution in [0.2, 0.25) is 0 Å². The highest BCUT2D eigenvalue weighted by atomic mass is 19.1. The van der Waals surface area contributed by atoms with E-state index in [2.05, 4.69) is 9.97 Å². The van der Waals surface area contributed by atoms with E-state index in [-0.39, 0.29) is 11.3 Å². The third kappa shape index (κ3) is 1.93. The largest absolute Gasteiger partial charge is 0.508 e. The van der Waals surface area contributed by atoms with Gasteiger partial charge in [0.1, 0.15) is 22.9 Å². The number of phenols is 1. The Morgan fingerprint density at radius 1 is 1.16 bits per heavy atom. The maximum Gasteiger partial charge on any atom is 0.153 e. The molecule has 3 nitrogen and oxygen atoms in total. The minimum absolute atomic E-state index is 0.0992. The van der Waals surface area contributed by atoms with E-state index in [1.807, 2.05) is 0 Å². The van der Waals surface area contributed by atoms with Crippen molar-refractivity contribution in [2.45, 2.75) is 6.92 Å². The van der Waals surface area contributed by atoms with Crippen LogP contribution in [0.4, 0.5) is 8.78 Å². The van der Waals surface area contributed by atoms with Crippen LogP contribution in [-0.2, 0) is 0 Å². The minimum atomic E-state index is -0.701.